The Labute approximate surface area is 114 Å². The SMILES string of the molecule is COc1ccc(COC(C)CCOS(C)(=O)=O)cc1. The highest BCUT2D eigenvalue weighted by Crippen LogP contribution is 2.13. The van der Waals surface area contributed by atoms with Crippen molar-refractivity contribution in [2.45, 2.75) is 26.1 Å². The van der Waals surface area contributed by atoms with Crippen LogP contribution in [0.2, 0.25) is 0 Å². The van der Waals surface area contributed by atoms with Crippen molar-refractivity contribution in [2.24, 2.45) is 0 Å². The van der Waals surface area contributed by atoms with Crippen LogP contribution >= 0.6 is 0 Å². The van der Waals surface area contributed by atoms with E-state index in [9.17, 15) is 8.42 Å². The van der Waals surface area contributed by atoms with Gasteiger partial charge in [-0.2, -0.15) is 8.42 Å². The zero-order chi connectivity index (χ0) is 14.3. The molecule has 0 heterocycles. The molecule has 1 unspecified atom stereocenters. The van der Waals surface area contributed by atoms with Crippen LogP contribution in [0.5, 0.6) is 5.75 Å². The average molecular weight is 288 g/mol. The Balaban J connectivity index is 2.27. The molecule has 0 bridgehead atoms. The van der Waals surface area contributed by atoms with E-state index < -0.39 is 10.1 Å². The van der Waals surface area contributed by atoms with E-state index in [1.54, 1.807) is 7.11 Å². The van der Waals surface area contributed by atoms with Crippen LogP contribution in [0.4, 0.5) is 0 Å². The largest absolute Gasteiger partial charge is 0.497 e. The van der Waals surface area contributed by atoms with Gasteiger partial charge in [-0.25, -0.2) is 0 Å². The van der Waals surface area contributed by atoms with Gasteiger partial charge in [-0.15, -0.1) is 0 Å². The van der Waals surface area contributed by atoms with Crippen molar-refractivity contribution in [1.82, 2.24) is 0 Å². The molecular weight excluding hydrogens is 268 g/mol. The molecule has 1 atom stereocenters. The summed E-state index contributed by atoms with van der Waals surface area (Å²) in [4.78, 5) is 0. The number of hydrogen-bond donors (Lipinski definition) is 0. The van der Waals surface area contributed by atoms with Gasteiger partial charge >= 0.3 is 0 Å². The second kappa shape index (κ2) is 7.47. The van der Waals surface area contributed by atoms with Gasteiger partial charge < -0.3 is 9.47 Å². The first-order chi connectivity index (χ1) is 8.90. The number of hydrogen-bond acceptors (Lipinski definition) is 5. The van der Waals surface area contributed by atoms with Gasteiger partial charge in [0.15, 0.2) is 0 Å². The minimum absolute atomic E-state index is 0.0659. The standard InChI is InChI=1S/C13H20O5S/c1-11(8-9-18-19(3,14)15)17-10-12-4-6-13(16-2)7-5-12/h4-7,11H,8-10H2,1-3H3. The van der Waals surface area contributed by atoms with E-state index in [1.807, 2.05) is 31.2 Å². The fourth-order valence-corrected chi connectivity index (χ4v) is 1.81. The summed E-state index contributed by atoms with van der Waals surface area (Å²) in [7, 11) is -1.74. The third-order valence-corrected chi connectivity index (χ3v) is 3.11. The van der Waals surface area contributed by atoms with E-state index in [4.69, 9.17) is 9.47 Å². The maximum atomic E-state index is 10.8. The van der Waals surface area contributed by atoms with Crippen LogP contribution in [0.15, 0.2) is 24.3 Å². The van der Waals surface area contributed by atoms with Crippen molar-refractivity contribution >= 4 is 10.1 Å². The van der Waals surface area contributed by atoms with Crippen molar-refractivity contribution in [3.8, 4) is 5.75 Å². The summed E-state index contributed by atoms with van der Waals surface area (Å²) in [6.45, 7) is 2.50. The second-order valence-corrected chi connectivity index (χ2v) is 5.93. The van der Waals surface area contributed by atoms with Gasteiger partial charge in [-0.05, 0) is 31.0 Å². The molecule has 19 heavy (non-hydrogen) atoms. The molecule has 0 aliphatic rings. The van der Waals surface area contributed by atoms with E-state index in [0.717, 1.165) is 17.6 Å². The first-order valence-electron chi connectivity index (χ1n) is 5.99. The Morgan fingerprint density at radius 3 is 2.37 bits per heavy atom. The van der Waals surface area contributed by atoms with Gasteiger partial charge in [0.1, 0.15) is 5.75 Å². The third kappa shape index (κ3) is 7.15. The number of ether oxygens (including phenoxy) is 2. The van der Waals surface area contributed by atoms with Crippen LogP contribution in [0.25, 0.3) is 0 Å². The lowest BCUT2D eigenvalue weighted by Gasteiger charge is -2.13. The molecule has 108 valence electrons. The summed E-state index contributed by atoms with van der Waals surface area (Å²) in [5.74, 6) is 0.804. The Hall–Kier alpha value is -1.11. The molecule has 0 N–H and O–H groups in total. The van der Waals surface area contributed by atoms with Crippen molar-refractivity contribution in [3.05, 3.63) is 29.8 Å². The minimum atomic E-state index is -3.36. The second-order valence-electron chi connectivity index (χ2n) is 4.28. The molecular formula is C13H20O5S. The first kappa shape index (κ1) is 15.9. The molecule has 1 aromatic rings. The highest BCUT2D eigenvalue weighted by atomic mass is 32.2. The lowest BCUT2D eigenvalue weighted by Crippen LogP contribution is -2.13. The predicted molar refractivity (Wildman–Crippen MR) is 72.7 cm³/mol. The topological polar surface area (TPSA) is 61.8 Å². The van der Waals surface area contributed by atoms with E-state index in [2.05, 4.69) is 4.18 Å². The zero-order valence-electron chi connectivity index (χ0n) is 11.5. The number of methoxy groups -OCH3 is 1. The van der Waals surface area contributed by atoms with Crippen LogP contribution in [0.3, 0.4) is 0 Å². The fourth-order valence-electron chi connectivity index (χ4n) is 1.41. The lowest BCUT2D eigenvalue weighted by molar-refractivity contribution is 0.0393. The Bertz CT molecular complexity index is 466. The molecule has 1 rings (SSSR count). The summed E-state index contributed by atoms with van der Waals surface area (Å²) < 4.78 is 36.9. The van der Waals surface area contributed by atoms with Crippen molar-refractivity contribution < 1.29 is 22.1 Å². The van der Waals surface area contributed by atoms with Gasteiger partial charge in [-0.1, -0.05) is 12.1 Å². The molecule has 0 saturated carbocycles. The lowest BCUT2D eigenvalue weighted by atomic mass is 10.2. The van der Waals surface area contributed by atoms with Crippen LogP contribution in [0.1, 0.15) is 18.9 Å². The van der Waals surface area contributed by atoms with Gasteiger partial charge in [0.25, 0.3) is 10.1 Å². The van der Waals surface area contributed by atoms with E-state index in [0.29, 0.717) is 13.0 Å². The zero-order valence-corrected chi connectivity index (χ0v) is 12.3. The van der Waals surface area contributed by atoms with Crippen molar-refractivity contribution in [3.63, 3.8) is 0 Å². The predicted octanol–water partition coefficient (Wildman–Crippen LogP) is 1.97. The maximum absolute atomic E-state index is 10.8. The smallest absolute Gasteiger partial charge is 0.264 e. The van der Waals surface area contributed by atoms with E-state index >= 15 is 0 Å². The molecule has 6 heteroatoms. The van der Waals surface area contributed by atoms with Crippen molar-refractivity contribution in [1.29, 1.82) is 0 Å². The van der Waals surface area contributed by atoms with Crippen LogP contribution in [-0.2, 0) is 25.6 Å². The van der Waals surface area contributed by atoms with Gasteiger partial charge in [-0.3, -0.25) is 4.18 Å². The van der Waals surface area contributed by atoms with Crippen molar-refractivity contribution in [2.75, 3.05) is 20.0 Å². The van der Waals surface area contributed by atoms with Crippen LogP contribution < -0.4 is 4.74 Å². The molecule has 1 aromatic carbocycles. The highest BCUT2D eigenvalue weighted by molar-refractivity contribution is 7.85. The Morgan fingerprint density at radius 2 is 1.84 bits per heavy atom. The van der Waals surface area contributed by atoms with Gasteiger partial charge in [0.2, 0.25) is 0 Å². The molecule has 0 aromatic heterocycles. The molecule has 0 aliphatic carbocycles. The third-order valence-electron chi connectivity index (χ3n) is 2.52. The summed E-state index contributed by atoms with van der Waals surface area (Å²) in [6, 6.07) is 7.60. The Morgan fingerprint density at radius 1 is 1.21 bits per heavy atom. The summed E-state index contributed by atoms with van der Waals surface area (Å²) >= 11 is 0. The minimum Gasteiger partial charge on any atom is -0.497 e. The molecule has 0 aliphatic heterocycles. The molecule has 0 spiro atoms. The first-order valence-corrected chi connectivity index (χ1v) is 7.81. The van der Waals surface area contributed by atoms with Gasteiger partial charge in [0.05, 0.1) is 32.7 Å². The summed E-state index contributed by atoms with van der Waals surface area (Å²) in [6.07, 6.45) is 1.50. The molecule has 0 radical (unpaired) electrons. The summed E-state index contributed by atoms with van der Waals surface area (Å²) in [5, 5.41) is 0. The monoisotopic (exact) mass is 288 g/mol. The fraction of sp³-hybridized carbons (Fsp3) is 0.538. The van der Waals surface area contributed by atoms with Crippen LogP contribution in [-0.4, -0.2) is 34.5 Å². The normalized spacial score (nSPS) is 13.2. The molecule has 0 saturated heterocycles. The summed E-state index contributed by atoms with van der Waals surface area (Å²) in [5.41, 5.74) is 1.04. The molecule has 0 fully saturated rings. The Kier molecular flexibility index (Phi) is 6.27. The average Bonchev–Trinajstić information content (AvgIpc) is 2.35. The maximum Gasteiger partial charge on any atom is 0.264 e. The van der Waals surface area contributed by atoms with Gasteiger partial charge in [0, 0.05) is 0 Å². The number of rotatable bonds is 8. The highest BCUT2D eigenvalue weighted by Gasteiger charge is 2.06. The molecule has 0 amide bonds. The quantitative estimate of drug-likeness (QED) is 0.684. The number of benzene rings is 1. The van der Waals surface area contributed by atoms with E-state index in [1.165, 1.54) is 0 Å². The molecule has 5 nitrogen and oxygen atoms in total. The van der Waals surface area contributed by atoms with E-state index in [-0.39, 0.29) is 12.7 Å². The van der Waals surface area contributed by atoms with Crippen LogP contribution in [0, 0.1) is 0 Å².